The van der Waals surface area contributed by atoms with Crippen LogP contribution in [0, 0.1) is 0 Å². The molecule has 0 N–H and O–H groups in total. The number of hydrogen-bond acceptors (Lipinski definition) is 0. The second-order valence-corrected chi connectivity index (χ2v) is 3.46. The van der Waals surface area contributed by atoms with Gasteiger partial charge in [0.25, 0.3) is 0 Å². The molecule has 88 valence electrons. The minimum Gasteiger partial charge on any atom is -1.00 e. The molecule has 15 heavy (non-hydrogen) atoms. The zero-order valence-electron chi connectivity index (χ0n) is 9.22. The molecule has 2 aliphatic rings. The van der Waals surface area contributed by atoms with Gasteiger partial charge in [0.15, 0.2) is 0 Å². The summed E-state index contributed by atoms with van der Waals surface area (Å²) in [4.78, 5) is 0. The van der Waals surface area contributed by atoms with Crippen LogP contribution < -0.4 is 24.8 Å². The summed E-state index contributed by atoms with van der Waals surface area (Å²) in [6.45, 7) is 4.50. The van der Waals surface area contributed by atoms with Crippen molar-refractivity contribution in [3.63, 3.8) is 0 Å². The predicted molar refractivity (Wildman–Crippen MR) is 53.9 cm³/mol. The number of halogens is 2. The number of hydrogen-bond donors (Lipinski definition) is 0. The van der Waals surface area contributed by atoms with E-state index in [4.69, 9.17) is 0 Å². The van der Waals surface area contributed by atoms with E-state index in [1.54, 1.807) is 0 Å². The molecule has 2 rings (SSSR count). The van der Waals surface area contributed by atoms with Gasteiger partial charge in [-0.1, -0.05) is 38.5 Å². The van der Waals surface area contributed by atoms with Crippen molar-refractivity contribution in [1.29, 1.82) is 0 Å². The van der Waals surface area contributed by atoms with Crippen LogP contribution in [0.25, 0.3) is 10.6 Å². The fraction of sp³-hybridized carbons (Fsp3) is 1.00. The average Bonchev–Trinajstić information content (AvgIpc) is 2.24. The Bertz CT molecular complexity index is 64.4. The zero-order chi connectivity index (χ0) is 8.49. The molecule has 0 aromatic carbocycles. The summed E-state index contributed by atoms with van der Waals surface area (Å²) in [7, 11) is 0. The first-order chi connectivity index (χ1) is 6.00. The summed E-state index contributed by atoms with van der Waals surface area (Å²) in [6.07, 6.45) is 8.15. The van der Waals surface area contributed by atoms with Gasteiger partial charge in [-0.25, -0.2) is 0 Å². The Morgan fingerprint density at radius 1 is 0.467 bits per heavy atom. The third-order valence-corrected chi connectivity index (χ3v) is 2.26. The normalized spacial score (nSPS) is 19.2. The first-order valence-electron chi connectivity index (χ1n) is 5.26. The topological polar surface area (TPSA) is 28.2 Å². The van der Waals surface area contributed by atoms with Crippen LogP contribution in [-0.2, 0) is 25.8 Å². The van der Waals surface area contributed by atoms with Gasteiger partial charge in [0.05, 0.1) is 0 Å². The third-order valence-electron chi connectivity index (χ3n) is 2.26. The second kappa shape index (κ2) is 17.8. The van der Waals surface area contributed by atoms with Crippen LogP contribution in [0.1, 0.15) is 38.5 Å². The van der Waals surface area contributed by atoms with E-state index in [1.165, 1.54) is 38.5 Å². The van der Waals surface area contributed by atoms with Crippen LogP contribution >= 0.6 is 0 Å². The molecule has 0 aromatic heterocycles. The van der Waals surface area contributed by atoms with Crippen LogP contribution in [-0.4, -0.2) is 26.2 Å². The van der Waals surface area contributed by atoms with Crippen molar-refractivity contribution in [3.8, 4) is 0 Å². The SMILES string of the molecule is C1CC[N-]CC1.C1CC[N-]CC1.[Cl-].[Cl-].[Hf+4]. The molecule has 2 saturated heterocycles. The van der Waals surface area contributed by atoms with Crippen LogP contribution in [0.5, 0.6) is 0 Å². The minimum absolute atomic E-state index is 0. The average molecular weight is 418 g/mol. The van der Waals surface area contributed by atoms with Crippen molar-refractivity contribution in [2.24, 2.45) is 0 Å². The quantitative estimate of drug-likeness (QED) is 0.378. The molecule has 5 heteroatoms. The van der Waals surface area contributed by atoms with Gasteiger partial charge in [-0.15, -0.1) is 26.2 Å². The van der Waals surface area contributed by atoms with Gasteiger partial charge >= 0.3 is 25.8 Å². The van der Waals surface area contributed by atoms with Gasteiger partial charge in [-0.2, -0.15) is 0 Å². The van der Waals surface area contributed by atoms with Gasteiger partial charge in [0.1, 0.15) is 0 Å². The maximum Gasteiger partial charge on any atom is 4.00 e. The van der Waals surface area contributed by atoms with E-state index in [0.29, 0.717) is 0 Å². The van der Waals surface area contributed by atoms with Crippen LogP contribution in [0.2, 0.25) is 0 Å². The van der Waals surface area contributed by atoms with Crippen molar-refractivity contribution in [2.45, 2.75) is 38.5 Å². The molecule has 0 spiro atoms. The smallest absolute Gasteiger partial charge is 1.00 e. The monoisotopic (exact) mass is 418 g/mol. The summed E-state index contributed by atoms with van der Waals surface area (Å²) < 4.78 is 0. The molecular weight excluding hydrogens is 398 g/mol. The van der Waals surface area contributed by atoms with Crippen molar-refractivity contribution in [3.05, 3.63) is 10.6 Å². The van der Waals surface area contributed by atoms with Gasteiger partial charge in [-0.05, 0) is 0 Å². The van der Waals surface area contributed by atoms with E-state index >= 15 is 0 Å². The standard InChI is InChI=1S/2C5H10N.2ClH.Hf/c2*1-2-4-6-5-3-1;;;/h2*1-5H2;2*1H;/q2*-1;;;+4/p-2. The molecule has 0 amide bonds. The molecule has 2 fully saturated rings. The van der Waals surface area contributed by atoms with E-state index in [0.717, 1.165) is 26.2 Å². The molecule has 2 nitrogen and oxygen atoms in total. The maximum absolute atomic E-state index is 4.18. The Morgan fingerprint density at radius 3 is 0.800 bits per heavy atom. The molecule has 0 bridgehead atoms. The molecule has 0 unspecified atom stereocenters. The molecule has 2 heterocycles. The van der Waals surface area contributed by atoms with Gasteiger partial charge < -0.3 is 35.4 Å². The molecule has 2 aliphatic heterocycles. The number of nitrogens with zero attached hydrogens (tertiary/aromatic N) is 2. The third kappa shape index (κ3) is 15.4. The van der Waals surface area contributed by atoms with Crippen molar-refractivity contribution < 1.29 is 50.7 Å². The Kier molecular flexibility index (Phi) is 25.6. The zero-order valence-corrected chi connectivity index (χ0v) is 14.3. The number of piperidine rings is 2. The fourth-order valence-electron chi connectivity index (χ4n) is 1.47. The Labute approximate surface area is 125 Å². The van der Waals surface area contributed by atoms with E-state index in [-0.39, 0.29) is 50.7 Å². The van der Waals surface area contributed by atoms with Crippen LogP contribution in [0.3, 0.4) is 0 Å². The van der Waals surface area contributed by atoms with Crippen molar-refractivity contribution in [1.82, 2.24) is 0 Å². The fourth-order valence-corrected chi connectivity index (χ4v) is 1.47. The Morgan fingerprint density at radius 2 is 0.733 bits per heavy atom. The maximum atomic E-state index is 4.18. The van der Waals surface area contributed by atoms with E-state index in [9.17, 15) is 0 Å². The molecule has 0 aromatic rings. The van der Waals surface area contributed by atoms with E-state index in [1.807, 2.05) is 0 Å². The minimum atomic E-state index is 0. The number of rotatable bonds is 0. The van der Waals surface area contributed by atoms with E-state index in [2.05, 4.69) is 10.6 Å². The van der Waals surface area contributed by atoms with E-state index < -0.39 is 0 Å². The second-order valence-electron chi connectivity index (χ2n) is 3.46. The van der Waals surface area contributed by atoms with Crippen molar-refractivity contribution >= 4 is 0 Å². The summed E-state index contributed by atoms with van der Waals surface area (Å²) in [5, 5.41) is 8.35. The first kappa shape index (κ1) is 21.6. The molecular formula is C10H20Cl2HfN2. The van der Waals surface area contributed by atoms with Gasteiger partial charge in [0.2, 0.25) is 0 Å². The first-order valence-corrected chi connectivity index (χ1v) is 5.26. The van der Waals surface area contributed by atoms with Gasteiger partial charge in [-0.3, -0.25) is 0 Å². The van der Waals surface area contributed by atoms with Crippen molar-refractivity contribution in [2.75, 3.05) is 26.2 Å². The van der Waals surface area contributed by atoms with Crippen LogP contribution in [0.4, 0.5) is 0 Å². The summed E-state index contributed by atoms with van der Waals surface area (Å²) in [5.74, 6) is 0. The molecule has 0 saturated carbocycles. The molecule has 0 radical (unpaired) electrons. The Balaban J connectivity index is -0.000000160. The van der Waals surface area contributed by atoms with Gasteiger partial charge in [0, 0.05) is 0 Å². The molecule has 0 aliphatic carbocycles. The summed E-state index contributed by atoms with van der Waals surface area (Å²) >= 11 is 0. The van der Waals surface area contributed by atoms with Crippen LogP contribution in [0.15, 0.2) is 0 Å². The summed E-state index contributed by atoms with van der Waals surface area (Å²) in [6, 6.07) is 0. The molecule has 0 atom stereocenters. The Hall–Kier alpha value is 1.37. The summed E-state index contributed by atoms with van der Waals surface area (Å²) in [5.41, 5.74) is 0. The predicted octanol–water partition coefficient (Wildman–Crippen LogP) is -2.91. The largest absolute Gasteiger partial charge is 4.00 e.